The number of rotatable bonds is 41. The molecule has 0 N–H and O–H groups in total. The van der Waals surface area contributed by atoms with E-state index in [9.17, 15) is 14.4 Å². The van der Waals surface area contributed by atoms with E-state index >= 15 is 0 Å². The van der Waals surface area contributed by atoms with Crippen molar-refractivity contribution in [2.45, 2.75) is 200 Å². The van der Waals surface area contributed by atoms with Crippen molar-refractivity contribution >= 4 is 17.9 Å². The van der Waals surface area contributed by atoms with Crippen LogP contribution < -0.4 is 0 Å². The van der Waals surface area contributed by atoms with E-state index in [2.05, 4.69) is 118 Å². The van der Waals surface area contributed by atoms with Gasteiger partial charge in [-0.15, -0.1) is 0 Å². The molecule has 0 spiro atoms. The summed E-state index contributed by atoms with van der Waals surface area (Å²) in [4.78, 5) is 37.6. The second-order valence-electron chi connectivity index (χ2n) is 15.3. The quantitative estimate of drug-likeness (QED) is 0.0264. The zero-order chi connectivity index (χ0) is 43.7. The van der Waals surface area contributed by atoms with Crippen LogP contribution in [0, 0.1) is 0 Å². The van der Waals surface area contributed by atoms with Crippen molar-refractivity contribution in [1.29, 1.82) is 0 Å². The van der Waals surface area contributed by atoms with Crippen molar-refractivity contribution in [2.24, 2.45) is 0 Å². The number of esters is 3. The maximum absolute atomic E-state index is 12.7. The minimum Gasteiger partial charge on any atom is -0.462 e. The molecule has 0 aromatic heterocycles. The predicted molar refractivity (Wildman–Crippen MR) is 256 cm³/mol. The van der Waals surface area contributed by atoms with Crippen molar-refractivity contribution in [3.05, 3.63) is 109 Å². The summed E-state index contributed by atoms with van der Waals surface area (Å²) in [6.45, 7) is 6.25. The van der Waals surface area contributed by atoms with Crippen molar-refractivity contribution in [3.8, 4) is 0 Å². The third kappa shape index (κ3) is 45.2. The highest BCUT2D eigenvalue weighted by molar-refractivity contribution is 5.71. The lowest BCUT2D eigenvalue weighted by Crippen LogP contribution is -2.30. The number of hydrogen-bond acceptors (Lipinski definition) is 6. The average Bonchev–Trinajstić information content (AvgIpc) is 3.24. The van der Waals surface area contributed by atoms with Crippen molar-refractivity contribution in [3.63, 3.8) is 0 Å². The molecule has 0 bridgehead atoms. The summed E-state index contributed by atoms with van der Waals surface area (Å²) >= 11 is 0. The molecule has 1 unspecified atom stereocenters. The molecule has 338 valence electrons. The monoisotopic (exact) mass is 831 g/mol. The molecule has 0 aromatic rings. The van der Waals surface area contributed by atoms with Crippen LogP contribution in [-0.4, -0.2) is 37.2 Å². The van der Waals surface area contributed by atoms with Gasteiger partial charge in [0.25, 0.3) is 0 Å². The first-order valence-electron chi connectivity index (χ1n) is 23.9. The molecule has 0 aromatic carbocycles. The van der Waals surface area contributed by atoms with Gasteiger partial charge in [-0.1, -0.05) is 194 Å². The first-order chi connectivity index (χ1) is 29.5. The van der Waals surface area contributed by atoms with Crippen LogP contribution in [0.5, 0.6) is 0 Å². The summed E-state index contributed by atoms with van der Waals surface area (Å²) < 4.78 is 16.6. The second-order valence-corrected chi connectivity index (χ2v) is 15.3. The molecule has 6 nitrogen and oxygen atoms in total. The van der Waals surface area contributed by atoms with Crippen LogP contribution in [0.15, 0.2) is 109 Å². The average molecular weight is 831 g/mol. The van der Waals surface area contributed by atoms with Gasteiger partial charge < -0.3 is 14.2 Å². The number of allylic oxidation sites excluding steroid dienone is 18. The summed E-state index contributed by atoms with van der Waals surface area (Å²) in [6.07, 6.45) is 63.9. The van der Waals surface area contributed by atoms with Gasteiger partial charge in [-0.25, -0.2) is 0 Å². The molecule has 6 heteroatoms. The van der Waals surface area contributed by atoms with Gasteiger partial charge in [0, 0.05) is 19.3 Å². The lowest BCUT2D eigenvalue weighted by atomic mass is 10.1. The Hall–Kier alpha value is -3.93. The number of hydrogen-bond donors (Lipinski definition) is 0. The minimum absolute atomic E-state index is 0.108. The Morgan fingerprint density at radius 1 is 0.350 bits per heavy atom. The van der Waals surface area contributed by atoms with Gasteiger partial charge in [-0.2, -0.15) is 0 Å². The number of unbranched alkanes of at least 4 members (excludes halogenated alkanes) is 12. The Morgan fingerprint density at radius 3 is 1.12 bits per heavy atom. The van der Waals surface area contributed by atoms with Crippen LogP contribution >= 0.6 is 0 Å². The van der Waals surface area contributed by atoms with Crippen LogP contribution in [0.2, 0.25) is 0 Å². The molecule has 0 amide bonds. The smallest absolute Gasteiger partial charge is 0.306 e. The van der Waals surface area contributed by atoms with Gasteiger partial charge in [-0.3, -0.25) is 14.4 Å². The molecule has 0 rings (SSSR count). The van der Waals surface area contributed by atoms with E-state index in [1.54, 1.807) is 0 Å². The number of ether oxygens (including phenoxy) is 3. The first-order valence-corrected chi connectivity index (χ1v) is 23.9. The van der Waals surface area contributed by atoms with Gasteiger partial charge in [0.1, 0.15) is 13.2 Å². The van der Waals surface area contributed by atoms with Crippen LogP contribution in [0.3, 0.4) is 0 Å². The summed E-state index contributed by atoms with van der Waals surface area (Å²) in [6, 6.07) is 0. The fourth-order valence-electron chi connectivity index (χ4n) is 6.01. The summed E-state index contributed by atoms with van der Waals surface area (Å²) in [5.74, 6) is -1.03. The molecule has 0 aliphatic heterocycles. The van der Waals surface area contributed by atoms with E-state index in [-0.39, 0.29) is 37.5 Å². The molecule has 0 aliphatic carbocycles. The maximum atomic E-state index is 12.7. The molecule has 0 aliphatic rings. The Kier molecular flexibility index (Phi) is 44.6. The van der Waals surface area contributed by atoms with Gasteiger partial charge in [0.05, 0.1) is 0 Å². The van der Waals surface area contributed by atoms with E-state index in [0.717, 1.165) is 103 Å². The molecule has 60 heavy (non-hydrogen) atoms. The maximum Gasteiger partial charge on any atom is 0.306 e. The Labute approximate surface area is 368 Å². The highest BCUT2D eigenvalue weighted by Crippen LogP contribution is 2.12. The van der Waals surface area contributed by atoms with E-state index in [1.807, 2.05) is 12.2 Å². The molecule has 0 saturated heterocycles. The summed E-state index contributed by atoms with van der Waals surface area (Å²) in [7, 11) is 0. The Bertz CT molecular complexity index is 1280. The van der Waals surface area contributed by atoms with Crippen LogP contribution in [-0.2, 0) is 28.6 Å². The standard InChI is InChI=1S/C54H86O6/c1-4-7-10-13-16-18-20-22-24-26-27-29-30-32-34-36-38-41-44-47-53(56)59-50-51(49-58-52(55)46-43-40-15-12-9-6-3)60-54(57)48-45-42-39-37-35-33-31-28-25-23-21-19-17-14-11-8-5-2/h7-8,10-11,16-19,22-25,27,29,32,34,38,41,51H,4-6,9,12-15,20-21,26,28,30-31,33,35-37,39-40,42-50H2,1-3H3/b10-7-,11-8-,18-16-,19-17-,24-22-,25-23-,29-27-,34-32-,41-38-. The molecule has 0 radical (unpaired) electrons. The van der Waals surface area contributed by atoms with E-state index in [4.69, 9.17) is 14.2 Å². The lowest BCUT2D eigenvalue weighted by Gasteiger charge is -2.18. The van der Waals surface area contributed by atoms with Crippen LogP contribution in [0.4, 0.5) is 0 Å². The third-order valence-electron chi connectivity index (χ3n) is 9.54. The Morgan fingerprint density at radius 2 is 0.683 bits per heavy atom. The van der Waals surface area contributed by atoms with Crippen LogP contribution in [0.25, 0.3) is 0 Å². The second kappa shape index (κ2) is 47.7. The van der Waals surface area contributed by atoms with Crippen molar-refractivity contribution in [1.82, 2.24) is 0 Å². The SMILES string of the molecule is CC/C=C\C/C=C\C/C=C\C/C=C\C/C=C\C/C=C\CCC(=O)OCC(COC(=O)CCCCCCCC)OC(=O)CCCCCCCCC/C=C\C/C=C\C/C=C\CC. The van der Waals surface area contributed by atoms with Crippen molar-refractivity contribution in [2.75, 3.05) is 13.2 Å². The van der Waals surface area contributed by atoms with E-state index < -0.39 is 6.10 Å². The largest absolute Gasteiger partial charge is 0.462 e. The zero-order valence-electron chi connectivity index (χ0n) is 38.4. The summed E-state index contributed by atoms with van der Waals surface area (Å²) in [5.41, 5.74) is 0. The molecular formula is C54H86O6. The van der Waals surface area contributed by atoms with Gasteiger partial charge in [0.15, 0.2) is 6.10 Å². The predicted octanol–water partition coefficient (Wildman–Crippen LogP) is 15.6. The molecule has 0 fully saturated rings. The van der Waals surface area contributed by atoms with E-state index in [1.165, 1.54) is 44.9 Å². The fraction of sp³-hybridized carbons (Fsp3) is 0.611. The van der Waals surface area contributed by atoms with Crippen LogP contribution in [0.1, 0.15) is 194 Å². The minimum atomic E-state index is -0.811. The van der Waals surface area contributed by atoms with Gasteiger partial charge in [0.2, 0.25) is 0 Å². The van der Waals surface area contributed by atoms with Gasteiger partial charge in [-0.05, 0) is 89.9 Å². The lowest BCUT2D eigenvalue weighted by molar-refractivity contribution is -0.166. The third-order valence-corrected chi connectivity index (χ3v) is 9.54. The summed E-state index contributed by atoms with van der Waals surface area (Å²) in [5, 5.41) is 0. The topological polar surface area (TPSA) is 78.9 Å². The number of carbonyl (C=O) groups excluding carboxylic acids is 3. The highest BCUT2D eigenvalue weighted by Gasteiger charge is 2.19. The van der Waals surface area contributed by atoms with Crippen molar-refractivity contribution < 1.29 is 28.6 Å². The molecule has 0 saturated carbocycles. The van der Waals surface area contributed by atoms with Gasteiger partial charge >= 0.3 is 17.9 Å². The first kappa shape index (κ1) is 56.1. The Balaban J connectivity index is 4.41. The number of carbonyl (C=O) groups is 3. The highest BCUT2D eigenvalue weighted by atomic mass is 16.6. The molecule has 1 atom stereocenters. The molecular weight excluding hydrogens is 745 g/mol. The zero-order valence-corrected chi connectivity index (χ0v) is 38.4. The normalized spacial score (nSPS) is 13.1. The van der Waals surface area contributed by atoms with E-state index in [0.29, 0.717) is 19.3 Å². The molecule has 0 heterocycles. The fourth-order valence-corrected chi connectivity index (χ4v) is 6.01.